The molecule has 6 heteroatoms. The summed E-state index contributed by atoms with van der Waals surface area (Å²) in [6.07, 6.45) is 2.72. The van der Waals surface area contributed by atoms with Crippen molar-refractivity contribution in [3.63, 3.8) is 0 Å². The van der Waals surface area contributed by atoms with E-state index in [1.807, 2.05) is 0 Å². The lowest BCUT2D eigenvalue weighted by Crippen LogP contribution is -2.24. The molecular formula is C13H15N3O3. The molecule has 0 saturated heterocycles. The molecule has 0 aliphatic carbocycles. The number of rotatable bonds is 6. The fourth-order valence-corrected chi connectivity index (χ4v) is 1.60. The van der Waals surface area contributed by atoms with Crippen molar-refractivity contribution in [2.75, 3.05) is 13.2 Å². The van der Waals surface area contributed by atoms with Crippen molar-refractivity contribution in [3.8, 4) is 11.5 Å². The topological polar surface area (TPSA) is 88.2 Å². The molecule has 0 fully saturated rings. The van der Waals surface area contributed by atoms with Crippen LogP contribution in [0, 0.1) is 0 Å². The Morgan fingerprint density at radius 3 is 2.68 bits per heavy atom. The van der Waals surface area contributed by atoms with Crippen LogP contribution in [0.4, 0.5) is 0 Å². The quantitative estimate of drug-likeness (QED) is 0.764. The molecule has 0 aliphatic rings. The number of aliphatic hydroxyl groups is 1. The minimum Gasteiger partial charge on any atom is -0.423 e. The molecule has 1 amide bonds. The lowest BCUT2D eigenvalue weighted by atomic mass is 10.1. The van der Waals surface area contributed by atoms with E-state index >= 15 is 0 Å². The standard InChI is InChI=1S/C13H15N3O3/c17-8-2-1-7-14-12(18)10-3-5-11(6-4-10)13-16-15-9-19-13/h3-6,9,17H,1-2,7-8H2,(H,14,18). The summed E-state index contributed by atoms with van der Waals surface area (Å²) in [5, 5.41) is 18.8. The third-order valence-electron chi connectivity index (χ3n) is 2.62. The Labute approximate surface area is 110 Å². The normalized spacial score (nSPS) is 10.4. The highest BCUT2D eigenvalue weighted by molar-refractivity contribution is 5.94. The molecule has 2 rings (SSSR count). The van der Waals surface area contributed by atoms with Gasteiger partial charge < -0.3 is 14.8 Å². The van der Waals surface area contributed by atoms with Crippen molar-refractivity contribution in [1.29, 1.82) is 0 Å². The number of hydrogen-bond acceptors (Lipinski definition) is 5. The van der Waals surface area contributed by atoms with Crippen molar-refractivity contribution < 1.29 is 14.3 Å². The first kappa shape index (κ1) is 13.2. The molecule has 0 atom stereocenters. The van der Waals surface area contributed by atoms with E-state index in [9.17, 15) is 4.79 Å². The Hall–Kier alpha value is -2.21. The molecule has 0 unspecified atom stereocenters. The van der Waals surface area contributed by atoms with Crippen molar-refractivity contribution in [1.82, 2.24) is 15.5 Å². The van der Waals surface area contributed by atoms with E-state index in [0.717, 1.165) is 12.0 Å². The van der Waals surface area contributed by atoms with Gasteiger partial charge >= 0.3 is 0 Å². The van der Waals surface area contributed by atoms with E-state index in [0.29, 0.717) is 24.4 Å². The first-order valence-corrected chi connectivity index (χ1v) is 6.07. The van der Waals surface area contributed by atoms with Crippen LogP contribution >= 0.6 is 0 Å². The molecule has 0 radical (unpaired) electrons. The minimum absolute atomic E-state index is 0.130. The van der Waals surface area contributed by atoms with Gasteiger partial charge in [-0.2, -0.15) is 0 Å². The van der Waals surface area contributed by atoms with Gasteiger partial charge in [0.1, 0.15) is 0 Å². The number of unbranched alkanes of at least 4 members (excludes halogenated alkanes) is 1. The molecule has 100 valence electrons. The van der Waals surface area contributed by atoms with E-state index in [1.54, 1.807) is 24.3 Å². The number of carbonyl (C=O) groups is 1. The van der Waals surface area contributed by atoms with Crippen LogP contribution in [0.3, 0.4) is 0 Å². The summed E-state index contributed by atoms with van der Waals surface area (Å²) in [5.74, 6) is 0.296. The van der Waals surface area contributed by atoms with Crippen LogP contribution in [0.2, 0.25) is 0 Å². The van der Waals surface area contributed by atoms with Gasteiger partial charge in [0.2, 0.25) is 12.3 Å². The average Bonchev–Trinajstić information content (AvgIpc) is 2.98. The molecule has 0 spiro atoms. The first-order valence-electron chi connectivity index (χ1n) is 6.07. The van der Waals surface area contributed by atoms with Crippen LogP contribution in [0.1, 0.15) is 23.2 Å². The van der Waals surface area contributed by atoms with E-state index < -0.39 is 0 Å². The van der Waals surface area contributed by atoms with Gasteiger partial charge in [0.05, 0.1) is 0 Å². The molecule has 2 N–H and O–H groups in total. The molecule has 0 bridgehead atoms. The van der Waals surface area contributed by atoms with Crippen molar-refractivity contribution in [2.45, 2.75) is 12.8 Å². The van der Waals surface area contributed by atoms with Gasteiger partial charge in [0.15, 0.2) is 0 Å². The summed E-state index contributed by atoms with van der Waals surface area (Å²) in [5.41, 5.74) is 1.35. The maximum Gasteiger partial charge on any atom is 0.251 e. The number of amides is 1. The predicted molar refractivity (Wildman–Crippen MR) is 68.4 cm³/mol. The van der Waals surface area contributed by atoms with Gasteiger partial charge in [0.25, 0.3) is 5.91 Å². The number of carbonyl (C=O) groups excluding carboxylic acids is 1. The van der Waals surface area contributed by atoms with Gasteiger partial charge in [-0.25, -0.2) is 0 Å². The van der Waals surface area contributed by atoms with E-state index in [4.69, 9.17) is 9.52 Å². The molecule has 6 nitrogen and oxygen atoms in total. The molecule has 1 aromatic carbocycles. The third kappa shape index (κ3) is 3.62. The zero-order valence-corrected chi connectivity index (χ0v) is 10.4. The van der Waals surface area contributed by atoms with Gasteiger partial charge in [-0.1, -0.05) is 0 Å². The summed E-state index contributed by atoms with van der Waals surface area (Å²) >= 11 is 0. The fraction of sp³-hybridized carbons (Fsp3) is 0.308. The number of benzene rings is 1. The molecule has 0 aliphatic heterocycles. The van der Waals surface area contributed by atoms with E-state index in [2.05, 4.69) is 15.5 Å². The first-order chi connectivity index (χ1) is 9.31. The predicted octanol–water partition coefficient (Wildman–Crippen LogP) is 1.24. The second-order valence-electron chi connectivity index (χ2n) is 4.01. The Bertz CT molecular complexity index is 508. The fourth-order valence-electron chi connectivity index (χ4n) is 1.60. The Balaban J connectivity index is 1.93. The summed E-state index contributed by atoms with van der Waals surface area (Å²) in [6, 6.07) is 6.94. The average molecular weight is 261 g/mol. The number of aromatic nitrogens is 2. The SMILES string of the molecule is O=C(NCCCCO)c1ccc(-c2nnco2)cc1. The molecule has 19 heavy (non-hydrogen) atoms. The lowest BCUT2D eigenvalue weighted by Gasteiger charge is -2.04. The zero-order chi connectivity index (χ0) is 13.5. The third-order valence-corrected chi connectivity index (χ3v) is 2.62. The number of nitrogens with zero attached hydrogens (tertiary/aromatic N) is 2. The van der Waals surface area contributed by atoms with Gasteiger partial charge in [-0.05, 0) is 37.1 Å². The van der Waals surface area contributed by atoms with Crippen LogP contribution in [-0.4, -0.2) is 34.4 Å². The van der Waals surface area contributed by atoms with Crippen LogP contribution in [0.25, 0.3) is 11.5 Å². The largest absolute Gasteiger partial charge is 0.423 e. The number of hydrogen-bond donors (Lipinski definition) is 2. The Morgan fingerprint density at radius 2 is 2.05 bits per heavy atom. The molecule has 2 aromatic rings. The molecule has 1 aromatic heterocycles. The smallest absolute Gasteiger partial charge is 0.251 e. The highest BCUT2D eigenvalue weighted by Crippen LogP contribution is 2.16. The van der Waals surface area contributed by atoms with Crippen LogP contribution in [0.5, 0.6) is 0 Å². The van der Waals surface area contributed by atoms with Gasteiger partial charge in [0, 0.05) is 24.3 Å². The maximum atomic E-state index is 11.8. The highest BCUT2D eigenvalue weighted by Gasteiger charge is 2.07. The molecular weight excluding hydrogens is 246 g/mol. The number of aliphatic hydroxyl groups excluding tert-OH is 1. The molecule has 0 saturated carbocycles. The monoisotopic (exact) mass is 261 g/mol. The van der Waals surface area contributed by atoms with E-state index in [1.165, 1.54) is 6.39 Å². The maximum absolute atomic E-state index is 11.8. The number of nitrogens with one attached hydrogen (secondary N) is 1. The minimum atomic E-state index is -0.130. The summed E-state index contributed by atoms with van der Waals surface area (Å²) < 4.78 is 5.07. The van der Waals surface area contributed by atoms with Crippen molar-refractivity contribution in [2.24, 2.45) is 0 Å². The Kier molecular flexibility index (Phi) is 4.63. The molecule has 1 heterocycles. The van der Waals surface area contributed by atoms with Crippen LogP contribution < -0.4 is 5.32 Å². The second-order valence-corrected chi connectivity index (χ2v) is 4.01. The van der Waals surface area contributed by atoms with Crippen molar-refractivity contribution >= 4 is 5.91 Å². The summed E-state index contributed by atoms with van der Waals surface area (Å²) in [4.78, 5) is 11.8. The van der Waals surface area contributed by atoms with E-state index in [-0.39, 0.29) is 12.5 Å². The second kappa shape index (κ2) is 6.65. The lowest BCUT2D eigenvalue weighted by molar-refractivity contribution is 0.0952. The van der Waals surface area contributed by atoms with Crippen LogP contribution in [0.15, 0.2) is 35.1 Å². The zero-order valence-electron chi connectivity index (χ0n) is 10.4. The highest BCUT2D eigenvalue weighted by atomic mass is 16.4. The van der Waals surface area contributed by atoms with Crippen LogP contribution in [-0.2, 0) is 0 Å². The summed E-state index contributed by atoms with van der Waals surface area (Å²) in [6.45, 7) is 0.708. The van der Waals surface area contributed by atoms with Gasteiger partial charge in [-0.3, -0.25) is 4.79 Å². The van der Waals surface area contributed by atoms with Crippen molar-refractivity contribution in [3.05, 3.63) is 36.2 Å². The Morgan fingerprint density at radius 1 is 1.26 bits per heavy atom. The summed E-state index contributed by atoms with van der Waals surface area (Å²) in [7, 11) is 0. The van der Waals surface area contributed by atoms with Gasteiger partial charge in [-0.15, -0.1) is 10.2 Å².